The molecule has 1 aliphatic rings. The summed E-state index contributed by atoms with van der Waals surface area (Å²) >= 11 is 0. The van der Waals surface area contributed by atoms with Crippen LogP contribution < -0.4 is 20.3 Å². The Morgan fingerprint density at radius 1 is 1.02 bits per heavy atom. The third kappa shape index (κ3) is 7.48. The monoisotopic (exact) mass is 557 g/mol. The van der Waals surface area contributed by atoms with Crippen LogP contribution in [0.2, 0.25) is 0 Å². The number of carbonyl (C=O) groups is 2. The number of aromatic nitrogens is 1. The van der Waals surface area contributed by atoms with Crippen LogP contribution in [-0.2, 0) is 9.53 Å². The van der Waals surface area contributed by atoms with Gasteiger partial charge in [0, 0.05) is 44.0 Å². The Balaban J connectivity index is 1.49. The van der Waals surface area contributed by atoms with E-state index >= 15 is 0 Å². The number of halogens is 3. The number of ether oxygens (including phenoxy) is 2. The van der Waals surface area contributed by atoms with Crippen LogP contribution >= 0.6 is 0 Å². The molecular formula is C28H30F3N5O4. The van der Waals surface area contributed by atoms with Crippen LogP contribution in [0, 0.1) is 0 Å². The molecule has 1 aromatic heterocycles. The molecule has 2 aromatic carbocycles. The Morgan fingerprint density at radius 2 is 1.73 bits per heavy atom. The van der Waals surface area contributed by atoms with Crippen molar-refractivity contribution in [3.8, 4) is 17.0 Å². The van der Waals surface area contributed by atoms with Crippen molar-refractivity contribution in [2.45, 2.75) is 19.3 Å². The maximum absolute atomic E-state index is 13.0. The van der Waals surface area contributed by atoms with Gasteiger partial charge in [0.2, 0.25) is 5.91 Å². The zero-order valence-corrected chi connectivity index (χ0v) is 22.3. The lowest BCUT2D eigenvalue weighted by atomic mass is 10.1. The van der Waals surface area contributed by atoms with Gasteiger partial charge in [0.25, 0.3) is 5.91 Å². The van der Waals surface area contributed by atoms with E-state index in [9.17, 15) is 22.8 Å². The molecule has 4 rings (SSSR count). The lowest BCUT2D eigenvalue weighted by Crippen LogP contribution is -2.47. The van der Waals surface area contributed by atoms with Gasteiger partial charge in [-0.15, -0.1) is 13.2 Å². The van der Waals surface area contributed by atoms with Gasteiger partial charge in [-0.25, -0.2) is 0 Å². The van der Waals surface area contributed by atoms with Gasteiger partial charge in [-0.3, -0.25) is 19.5 Å². The molecule has 12 heteroatoms. The Bertz CT molecular complexity index is 1330. The van der Waals surface area contributed by atoms with E-state index in [1.165, 1.54) is 12.3 Å². The number of rotatable bonds is 8. The van der Waals surface area contributed by atoms with Gasteiger partial charge in [-0.1, -0.05) is 12.1 Å². The van der Waals surface area contributed by atoms with Gasteiger partial charge in [-0.05, 0) is 49.4 Å². The number of nitrogens with zero attached hydrogens (tertiary/aromatic N) is 3. The molecule has 212 valence electrons. The fraction of sp³-hybridized carbons (Fsp3) is 0.321. The number of nitrogens with one attached hydrogen (secondary N) is 2. The number of benzene rings is 2. The molecule has 0 saturated carbocycles. The van der Waals surface area contributed by atoms with Gasteiger partial charge in [0.05, 0.1) is 42.5 Å². The molecule has 2 N–H and O–H groups in total. The third-order valence-electron chi connectivity index (χ3n) is 6.40. The van der Waals surface area contributed by atoms with Crippen molar-refractivity contribution in [1.82, 2.24) is 9.88 Å². The summed E-state index contributed by atoms with van der Waals surface area (Å²) in [6, 6.07) is 13.9. The molecule has 0 spiro atoms. The van der Waals surface area contributed by atoms with Crippen LogP contribution in [-0.4, -0.2) is 74.5 Å². The first kappa shape index (κ1) is 28.8. The summed E-state index contributed by atoms with van der Waals surface area (Å²) in [4.78, 5) is 34.0. The summed E-state index contributed by atoms with van der Waals surface area (Å²) in [6.07, 6.45) is -3.50. The van der Waals surface area contributed by atoms with E-state index in [-0.39, 0.29) is 11.3 Å². The van der Waals surface area contributed by atoms with Gasteiger partial charge < -0.3 is 25.0 Å². The van der Waals surface area contributed by atoms with E-state index < -0.39 is 30.0 Å². The first-order valence-electron chi connectivity index (χ1n) is 12.6. The van der Waals surface area contributed by atoms with Crippen molar-refractivity contribution in [3.63, 3.8) is 0 Å². The van der Waals surface area contributed by atoms with E-state index in [0.717, 1.165) is 23.4 Å². The zero-order chi connectivity index (χ0) is 28.9. The van der Waals surface area contributed by atoms with Crippen LogP contribution in [0.25, 0.3) is 11.3 Å². The average Bonchev–Trinajstić information content (AvgIpc) is 2.93. The second kappa shape index (κ2) is 12.3. The lowest BCUT2D eigenvalue weighted by Gasteiger charge is -2.31. The average molecular weight is 558 g/mol. The summed E-state index contributed by atoms with van der Waals surface area (Å²) < 4.78 is 48.4. The lowest BCUT2D eigenvalue weighted by molar-refractivity contribution is -0.274. The second-order valence-electron chi connectivity index (χ2n) is 9.40. The van der Waals surface area contributed by atoms with E-state index in [1.54, 1.807) is 19.1 Å². The zero-order valence-electron chi connectivity index (χ0n) is 22.3. The maximum atomic E-state index is 13.0. The van der Waals surface area contributed by atoms with E-state index in [1.807, 2.05) is 48.2 Å². The number of hydrogen-bond acceptors (Lipinski definition) is 7. The fourth-order valence-electron chi connectivity index (χ4n) is 4.12. The number of carbonyl (C=O) groups excluding carboxylic acids is 2. The quantitative estimate of drug-likeness (QED) is 0.417. The fourth-order valence-corrected chi connectivity index (χ4v) is 4.12. The van der Waals surface area contributed by atoms with Crippen LogP contribution in [0.5, 0.6) is 5.75 Å². The molecule has 2 heterocycles. The predicted molar refractivity (Wildman–Crippen MR) is 146 cm³/mol. The van der Waals surface area contributed by atoms with Crippen molar-refractivity contribution in [2.75, 3.05) is 55.9 Å². The molecular weight excluding hydrogens is 527 g/mol. The van der Waals surface area contributed by atoms with Crippen molar-refractivity contribution in [1.29, 1.82) is 0 Å². The Morgan fingerprint density at radius 3 is 2.33 bits per heavy atom. The number of hydrogen-bond donors (Lipinski definition) is 2. The Labute approximate surface area is 229 Å². The molecule has 1 fully saturated rings. The summed E-state index contributed by atoms with van der Waals surface area (Å²) in [5.74, 6) is -1.76. The molecule has 1 saturated heterocycles. The number of amides is 2. The highest BCUT2D eigenvalue weighted by molar-refractivity contribution is 6.06. The minimum absolute atomic E-state index is 0.0206. The second-order valence-corrected chi connectivity index (χ2v) is 9.40. The number of morpholine rings is 1. The van der Waals surface area contributed by atoms with Crippen molar-refractivity contribution in [2.24, 2.45) is 0 Å². The molecule has 3 aromatic rings. The highest BCUT2D eigenvalue weighted by Crippen LogP contribution is 2.32. The van der Waals surface area contributed by atoms with Crippen LogP contribution in [0.4, 0.5) is 30.2 Å². The van der Waals surface area contributed by atoms with Gasteiger partial charge >= 0.3 is 6.36 Å². The first-order chi connectivity index (χ1) is 19.0. The molecule has 0 bridgehead atoms. The molecule has 2 amide bonds. The molecule has 0 unspecified atom stereocenters. The molecule has 0 aliphatic carbocycles. The van der Waals surface area contributed by atoms with Crippen molar-refractivity contribution >= 4 is 28.9 Å². The molecule has 1 aliphatic heterocycles. The predicted octanol–water partition coefficient (Wildman–Crippen LogP) is 4.62. The first-order valence-corrected chi connectivity index (χ1v) is 12.6. The Hall–Kier alpha value is -4.16. The highest BCUT2D eigenvalue weighted by Gasteiger charge is 2.33. The van der Waals surface area contributed by atoms with Gasteiger partial charge in [-0.2, -0.15) is 0 Å². The maximum Gasteiger partial charge on any atom is 0.573 e. The molecule has 1 atom stereocenters. The molecule has 9 nitrogen and oxygen atoms in total. The summed E-state index contributed by atoms with van der Waals surface area (Å²) in [5.41, 5.74) is 2.79. The number of pyridine rings is 1. The normalized spacial score (nSPS) is 14.8. The SMILES string of the molecule is C[C@H](C(=O)Nc1cc(C(=O)Nc2ccc(-c3ccc(N(C)C)cc3)nc2)ccc1OC(F)(F)F)N1CCOCC1. The smallest absolute Gasteiger partial charge is 0.404 e. The van der Waals surface area contributed by atoms with E-state index in [0.29, 0.717) is 37.7 Å². The minimum Gasteiger partial charge on any atom is -0.404 e. The standard InChI is InChI=1S/C28H30F3N5O4/c1-18(36-12-14-39-15-13-36)26(37)34-24-16-20(6-11-25(24)40-28(29,30)31)27(38)33-21-7-10-23(32-17-21)19-4-8-22(9-5-19)35(2)3/h4-11,16-18H,12-15H2,1-3H3,(H,33,38)(H,34,37)/t18-/m1/s1. The van der Waals surface area contributed by atoms with Crippen molar-refractivity contribution < 1.29 is 32.2 Å². The summed E-state index contributed by atoms with van der Waals surface area (Å²) in [5, 5.41) is 5.16. The summed E-state index contributed by atoms with van der Waals surface area (Å²) in [7, 11) is 3.90. The van der Waals surface area contributed by atoms with Crippen LogP contribution in [0.1, 0.15) is 17.3 Å². The van der Waals surface area contributed by atoms with Crippen LogP contribution in [0.15, 0.2) is 60.8 Å². The van der Waals surface area contributed by atoms with Gasteiger partial charge in [0.15, 0.2) is 5.75 Å². The topological polar surface area (TPSA) is 96.0 Å². The van der Waals surface area contributed by atoms with Crippen LogP contribution in [0.3, 0.4) is 0 Å². The largest absolute Gasteiger partial charge is 0.573 e. The highest BCUT2D eigenvalue weighted by atomic mass is 19.4. The number of alkyl halides is 3. The molecule has 0 radical (unpaired) electrons. The summed E-state index contributed by atoms with van der Waals surface area (Å²) in [6.45, 7) is 3.58. The Kier molecular flexibility index (Phi) is 8.90. The minimum atomic E-state index is -4.99. The third-order valence-corrected chi connectivity index (χ3v) is 6.40. The van der Waals surface area contributed by atoms with Crippen molar-refractivity contribution in [3.05, 3.63) is 66.4 Å². The van der Waals surface area contributed by atoms with Gasteiger partial charge in [0.1, 0.15) is 0 Å². The molecule has 40 heavy (non-hydrogen) atoms. The van der Waals surface area contributed by atoms with E-state index in [2.05, 4.69) is 20.4 Å². The van der Waals surface area contributed by atoms with E-state index in [4.69, 9.17) is 4.74 Å². The number of anilines is 3.